The Morgan fingerprint density at radius 2 is 1.21 bits per heavy atom. The second-order valence-corrected chi connectivity index (χ2v) is 9.32. The Kier molecular flexibility index (Phi) is 11.0. The summed E-state index contributed by atoms with van der Waals surface area (Å²) in [6, 6.07) is 5.17. The average Bonchev–Trinajstić information content (AvgIpc) is 2.74. The lowest BCUT2D eigenvalue weighted by molar-refractivity contribution is -0.142. The zero-order valence-electron chi connectivity index (χ0n) is 20.3. The van der Waals surface area contributed by atoms with E-state index in [-0.39, 0.29) is 24.2 Å². The van der Waals surface area contributed by atoms with Crippen LogP contribution in [0.4, 0.5) is 0 Å². The van der Waals surface area contributed by atoms with Gasteiger partial charge < -0.3 is 26.8 Å². The van der Waals surface area contributed by atoms with Crippen molar-refractivity contribution < 1.29 is 24.3 Å². The van der Waals surface area contributed by atoms with Gasteiger partial charge in [-0.3, -0.25) is 14.4 Å². The number of nitrogens with two attached hydrogens (primary N) is 1. The molecule has 0 saturated heterocycles. The molecule has 184 valence electrons. The predicted molar refractivity (Wildman–Crippen MR) is 126 cm³/mol. The van der Waals surface area contributed by atoms with Crippen LogP contribution in [0.5, 0.6) is 0 Å². The third kappa shape index (κ3) is 8.84. The van der Waals surface area contributed by atoms with Gasteiger partial charge in [0.15, 0.2) is 0 Å². The Labute approximate surface area is 195 Å². The van der Waals surface area contributed by atoms with Crippen LogP contribution in [0.3, 0.4) is 0 Å². The SMILES string of the molecule is CC(C)[C@@H](N)C(=O)N[C@@H](C(=O)N[C@@H](C(=O)N[C@@H](Cc1ccccc1)C(=O)O)C(C)C)C(C)C. The van der Waals surface area contributed by atoms with E-state index in [9.17, 15) is 24.3 Å². The lowest BCUT2D eigenvalue weighted by Gasteiger charge is -2.29. The van der Waals surface area contributed by atoms with Crippen molar-refractivity contribution in [3.05, 3.63) is 35.9 Å². The van der Waals surface area contributed by atoms with Crippen LogP contribution in [0.1, 0.15) is 47.1 Å². The van der Waals surface area contributed by atoms with Crippen molar-refractivity contribution in [1.82, 2.24) is 16.0 Å². The summed E-state index contributed by atoms with van der Waals surface area (Å²) in [4.78, 5) is 50.0. The highest BCUT2D eigenvalue weighted by Crippen LogP contribution is 2.10. The molecule has 3 amide bonds. The number of benzene rings is 1. The minimum absolute atomic E-state index is 0.104. The van der Waals surface area contributed by atoms with Gasteiger partial charge in [0, 0.05) is 6.42 Å². The molecular formula is C24H38N4O5. The molecule has 1 rings (SSSR count). The number of hydrogen-bond acceptors (Lipinski definition) is 5. The molecule has 0 aliphatic heterocycles. The smallest absolute Gasteiger partial charge is 0.326 e. The fourth-order valence-electron chi connectivity index (χ4n) is 3.18. The maximum Gasteiger partial charge on any atom is 0.326 e. The summed E-state index contributed by atoms with van der Waals surface area (Å²) in [6.07, 6.45) is 0.110. The Morgan fingerprint density at radius 3 is 1.64 bits per heavy atom. The second-order valence-electron chi connectivity index (χ2n) is 9.32. The molecule has 33 heavy (non-hydrogen) atoms. The van der Waals surface area contributed by atoms with Crippen LogP contribution >= 0.6 is 0 Å². The summed E-state index contributed by atoms with van der Waals surface area (Å²) in [6.45, 7) is 10.7. The summed E-state index contributed by atoms with van der Waals surface area (Å²) in [7, 11) is 0. The number of carbonyl (C=O) groups is 4. The molecular weight excluding hydrogens is 424 g/mol. The zero-order valence-corrected chi connectivity index (χ0v) is 20.3. The van der Waals surface area contributed by atoms with E-state index in [1.807, 2.05) is 19.9 Å². The van der Waals surface area contributed by atoms with Crippen LogP contribution in [0, 0.1) is 17.8 Å². The number of carbonyl (C=O) groups excluding carboxylic acids is 3. The highest BCUT2D eigenvalue weighted by molar-refractivity contribution is 5.94. The molecule has 4 atom stereocenters. The maximum atomic E-state index is 13.0. The van der Waals surface area contributed by atoms with E-state index in [4.69, 9.17) is 5.73 Å². The van der Waals surface area contributed by atoms with E-state index in [0.29, 0.717) is 0 Å². The summed E-state index contributed by atoms with van der Waals surface area (Å²) in [5.41, 5.74) is 6.65. The fourth-order valence-corrected chi connectivity index (χ4v) is 3.18. The first-order valence-electron chi connectivity index (χ1n) is 11.3. The number of carboxylic acid groups (broad SMARTS) is 1. The number of aliphatic carboxylic acids is 1. The highest BCUT2D eigenvalue weighted by Gasteiger charge is 2.33. The predicted octanol–water partition coefficient (Wildman–Crippen LogP) is 1.06. The molecule has 0 aromatic heterocycles. The molecule has 0 bridgehead atoms. The quantitative estimate of drug-likeness (QED) is 0.313. The molecule has 0 fully saturated rings. The molecule has 6 N–H and O–H groups in total. The van der Waals surface area contributed by atoms with Crippen LogP contribution < -0.4 is 21.7 Å². The van der Waals surface area contributed by atoms with E-state index in [0.717, 1.165) is 5.56 Å². The third-order valence-corrected chi connectivity index (χ3v) is 5.41. The molecule has 1 aromatic rings. The number of hydrogen-bond donors (Lipinski definition) is 5. The van der Waals surface area contributed by atoms with Crippen molar-refractivity contribution in [2.24, 2.45) is 23.5 Å². The van der Waals surface area contributed by atoms with Gasteiger partial charge >= 0.3 is 5.97 Å². The molecule has 0 aliphatic carbocycles. The van der Waals surface area contributed by atoms with E-state index in [1.165, 1.54) is 0 Å². The molecule has 0 unspecified atom stereocenters. The lowest BCUT2D eigenvalue weighted by Crippen LogP contribution is -2.60. The maximum absolute atomic E-state index is 13.0. The highest BCUT2D eigenvalue weighted by atomic mass is 16.4. The summed E-state index contributed by atoms with van der Waals surface area (Å²) in [5.74, 6) is -3.43. The number of rotatable bonds is 12. The lowest BCUT2D eigenvalue weighted by atomic mass is 9.98. The van der Waals surface area contributed by atoms with Gasteiger partial charge in [0.05, 0.1) is 6.04 Å². The average molecular weight is 463 g/mol. The van der Waals surface area contributed by atoms with E-state index < -0.39 is 47.9 Å². The molecule has 0 saturated carbocycles. The van der Waals surface area contributed by atoms with Gasteiger partial charge in [-0.1, -0.05) is 71.9 Å². The van der Waals surface area contributed by atoms with Crippen molar-refractivity contribution in [1.29, 1.82) is 0 Å². The summed E-state index contributed by atoms with van der Waals surface area (Å²) < 4.78 is 0. The van der Waals surface area contributed by atoms with Crippen molar-refractivity contribution in [3.8, 4) is 0 Å². The van der Waals surface area contributed by atoms with Gasteiger partial charge in [-0.05, 0) is 23.3 Å². The summed E-state index contributed by atoms with van der Waals surface area (Å²) in [5, 5.41) is 17.5. The Bertz CT molecular complexity index is 810. The first kappa shape index (κ1) is 28.1. The number of carboxylic acids is 1. The second kappa shape index (κ2) is 12.9. The zero-order chi connectivity index (χ0) is 25.3. The van der Waals surface area contributed by atoms with Crippen molar-refractivity contribution in [2.45, 2.75) is 72.1 Å². The van der Waals surface area contributed by atoms with Crippen LogP contribution in [0.15, 0.2) is 30.3 Å². The largest absolute Gasteiger partial charge is 0.480 e. The Balaban J connectivity index is 2.94. The van der Waals surface area contributed by atoms with Crippen LogP contribution in [0.25, 0.3) is 0 Å². The van der Waals surface area contributed by atoms with Crippen LogP contribution in [-0.2, 0) is 25.6 Å². The van der Waals surface area contributed by atoms with Crippen molar-refractivity contribution in [3.63, 3.8) is 0 Å². The first-order chi connectivity index (χ1) is 15.3. The monoisotopic (exact) mass is 462 g/mol. The van der Waals surface area contributed by atoms with Gasteiger partial charge in [-0.25, -0.2) is 4.79 Å². The molecule has 0 aliphatic rings. The molecule has 9 nitrogen and oxygen atoms in total. The molecule has 1 aromatic carbocycles. The Hall–Kier alpha value is -2.94. The molecule has 0 radical (unpaired) electrons. The minimum Gasteiger partial charge on any atom is -0.480 e. The van der Waals surface area contributed by atoms with Gasteiger partial charge in [0.1, 0.15) is 18.1 Å². The fraction of sp³-hybridized carbons (Fsp3) is 0.583. The van der Waals surface area contributed by atoms with Crippen molar-refractivity contribution >= 4 is 23.7 Å². The van der Waals surface area contributed by atoms with E-state index >= 15 is 0 Å². The van der Waals surface area contributed by atoms with Gasteiger partial charge in [-0.15, -0.1) is 0 Å². The van der Waals surface area contributed by atoms with Gasteiger partial charge in [0.2, 0.25) is 17.7 Å². The van der Waals surface area contributed by atoms with Crippen LogP contribution in [-0.4, -0.2) is 53.0 Å². The minimum atomic E-state index is -1.17. The first-order valence-corrected chi connectivity index (χ1v) is 11.3. The summed E-state index contributed by atoms with van der Waals surface area (Å²) >= 11 is 0. The Morgan fingerprint density at radius 1 is 0.758 bits per heavy atom. The van der Waals surface area contributed by atoms with Gasteiger partial charge in [-0.2, -0.15) is 0 Å². The number of amides is 3. The van der Waals surface area contributed by atoms with Crippen LogP contribution in [0.2, 0.25) is 0 Å². The normalized spacial score (nSPS) is 15.0. The van der Waals surface area contributed by atoms with E-state index in [2.05, 4.69) is 16.0 Å². The topological polar surface area (TPSA) is 151 Å². The molecule has 0 spiro atoms. The van der Waals surface area contributed by atoms with Gasteiger partial charge in [0.25, 0.3) is 0 Å². The molecule has 9 heteroatoms. The molecule has 0 heterocycles. The standard InChI is InChI=1S/C24H38N4O5/c1-13(2)18(25)21(29)27-20(15(5)6)23(31)28-19(14(3)4)22(30)26-17(24(32)33)12-16-10-8-7-9-11-16/h7-11,13-15,17-20H,12,25H2,1-6H3,(H,26,30)(H,27,29)(H,28,31)(H,32,33)/t17-,18+,19+,20+/m0/s1. The third-order valence-electron chi connectivity index (χ3n) is 5.41. The van der Waals surface area contributed by atoms with E-state index in [1.54, 1.807) is 52.0 Å². The van der Waals surface area contributed by atoms with Crippen molar-refractivity contribution in [2.75, 3.05) is 0 Å². The number of nitrogens with one attached hydrogen (secondary N) is 3.